The fourth-order valence-electron chi connectivity index (χ4n) is 15.7. The molecule has 2 saturated heterocycles. The van der Waals surface area contributed by atoms with E-state index in [1.807, 2.05) is 32.9 Å². The molecule has 6 aliphatic rings. The van der Waals surface area contributed by atoms with E-state index in [0.29, 0.717) is 56.2 Å². The first kappa shape index (κ1) is 81.3. The van der Waals surface area contributed by atoms with Gasteiger partial charge < -0.3 is 54.7 Å². The van der Waals surface area contributed by atoms with E-state index in [4.69, 9.17) is 0 Å². The minimum Gasteiger partial charge on any atom is -0.347 e. The van der Waals surface area contributed by atoms with Gasteiger partial charge in [0, 0.05) is 88.9 Å². The fourth-order valence-corrected chi connectivity index (χ4v) is 15.7. The number of likely N-dealkylation sites (N-methyl/N-ethyl adjacent to an activating group) is 8. The first-order chi connectivity index (χ1) is 48.9. The lowest BCUT2D eigenvalue weighted by Gasteiger charge is -2.51. The molecule has 5 fully saturated rings. The summed E-state index contributed by atoms with van der Waals surface area (Å²) in [6.45, 7) is 5.63. The number of carbonyl (C=O) groups is 12. The number of rotatable bonds is 11. The van der Waals surface area contributed by atoms with Crippen molar-refractivity contribution in [2.24, 2.45) is 17.3 Å². The molecule has 0 aromatic heterocycles. The summed E-state index contributed by atoms with van der Waals surface area (Å²) in [6, 6.07) is -2.24. The van der Waals surface area contributed by atoms with Gasteiger partial charge in [-0.1, -0.05) is 88.4 Å². The van der Waals surface area contributed by atoms with Crippen molar-refractivity contribution in [3.8, 4) is 0 Å². The summed E-state index contributed by atoms with van der Waals surface area (Å²) >= 11 is 0. The smallest absolute Gasteiger partial charge is 0.347 e. The third kappa shape index (κ3) is 18.1. The van der Waals surface area contributed by atoms with Gasteiger partial charge in [0.2, 0.25) is 65.0 Å². The molecule has 2 aromatic carbocycles. The number of fused-ring (bicyclic) bond motifs is 3. The second-order valence-electron chi connectivity index (χ2n) is 30.3. The third-order valence-electron chi connectivity index (χ3n) is 22.7. The van der Waals surface area contributed by atoms with Crippen LogP contribution in [0.5, 0.6) is 0 Å². The number of hydrogen-bond donors (Lipinski definition) is 2. The van der Waals surface area contributed by atoms with E-state index in [0.717, 1.165) is 28.2 Å². The van der Waals surface area contributed by atoms with Crippen LogP contribution in [0.4, 0.5) is 22.0 Å². The van der Waals surface area contributed by atoms with Crippen molar-refractivity contribution in [2.45, 2.75) is 203 Å². The molecule has 3 aliphatic carbocycles. The number of aryl methyl sites for hydroxylation is 2. The van der Waals surface area contributed by atoms with Crippen LogP contribution in [-0.4, -0.2) is 270 Å². The molecular weight excluding hydrogens is 1360 g/mol. The molecule has 1 unspecified atom stereocenters. The Balaban J connectivity index is 1.21. The Morgan fingerprint density at radius 1 is 0.683 bits per heavy atom. The number of nitrogens with zero attached hydrogens (tertiary/aromatic N) is 10. The van der Waals surface area contributed by atoms with Crippen molar-refractivity contribution < 1.29 is 79.5 Å². The monoisotopic (exact) mass is 1460 g/mol. The van der Waals surface area contributed by atoms with E-state index >= 15 is 32.8 Å². The van der Waals surface area contributed by atoms with E-state index in [2.05, 4.69) is 10.6 Å². The molecule has 10 atom stereocenters. The maximum absolute atomic E-state index is 15.6. The van der Waals surface area contributed by atoms with Crippen molar-refractivity contribution >= 4 is 70.8 Å². The van der Waals surface area contributed by atoms with Crippen LogP contribution in [0.15, 0.2) is 48.6 Å². The average molecular weight is 1460 g/mol. The van der Waals surface area contributed by atoms with E-state index in [1.54, 1.807) is 43.2 Å². The molecule has 104 heavy (non-hydrogen) atoms. The normalized spacial score (nSPS) is 27.8. The summed E-state index contributed by atoms with van der Waals surface area (Å²) in [5, 5.41) is 5.57. The maximum Gasteiger partial charge on any atom is 0.422 e. The molecule has 2 aromatic rings. The summed E-state index contributed by atoms with van der Waals surface area (Å²) in [7, 11) is 13.0. The number of hydrogen-bond acceptors (Lipinski definition) is 13. The highest BCUT2D eigenvalue weighted by atomic mass is 19.4. The fraction of sp³-hybridized carbons (Fsp3) is 0.653. The van der Waals surface area contributed by atoms with Gasteiger partial charge in [-0.05, 0) is 125 Å². The van der Waals surface area contributed by atoms with Gasteiger partial charge in [-0.2, -0.15) is 13.2 Å². The van der Waals surface area contributed by atoms with Crippen LogP contribution in [0.1, 0.15) is 146 Å². The van der Waals surface area contributed by atoms with Crippen LogP contribution < -0.4 is 10.6 Å². The van der Waals surface area contributed by atoms with Gasteiger partial charge in [-0.15, -0.1) is 0 Å². The number of carbonyl (C=O) groups excluding carboxylic acids is 12. The van der Waals surface area contributed by atoms with Crippen LogP contribution in [0.3, 0.4) is 0 Å². The number of Topliss-reactive ketones (excluding diaryl/α,β-unsaturated/α-hetero) is 1. The zero-order valence-corrected chi connectivity index (χ0v) is 62.4. The maximum atomic E-state index is 15.6. The first-order valence-electron chi connectivity index (χ1n) is 36.4. The number of alkyl halides is 3. The second-order valence-corrected chi connectivity index (χ2v) is 30.3. The summed E-state index contributed by atoms with van der Waals surface area (Å²) in [5.41, 5.74) is -3.08. The van der Waals surface area contributed by atoms with Crippen molar-refractivity contribution in [1.82, 2.24) is 59.6 Å². The summed E-state index contributed by atoms with van der Waals surface area (Å²) in [6.07, 6.45) is 1.75. The molecule has 3 heterocycles. The van der Waals surface area contributed by atoms with Crippen LogP contribution in [-0.2, 0) is 76.6 Å². The quantitative estimate of drug-likeness (QED) is 0.218. The molecule has 2 spiro atoms. The van der Waals surface area contributed by atoms with Gasteiger partial charge in [0.15, 0.2) is 5.78 Å². The van der Waals surface area contributed by atoms with Crippen LogP contribution in [0.25, 0.3) is 0 Å². The predicted molar refractivity (Wildman–Crippen MR) is 375 cm³/mol. The molecule has 572 valence electrons. The Labute approximate surface area is 606 Å². The summed E-state index contributed by atoms with van der Waals surface area (Å²) in [4.78, 5) is 193. The SMILES string of the molecule is CCC[C@H]1C(=O)N[C@@H]([C@@H](C)CC)C(=O)N(C)CC(=O)N(C)[C@H]2C/C=C\CCN(C2=O)[C@@H](Cc2ccc(C)cc2)C(=O)N(C)CC(=O)N[C@@H](CCc2cc(F)c(C(F)(F)F)c(F)c2)C(=O)N2CC3(CC3)C[C@H]2C(=O)N(C)C2(CCC2=O)CN(C)[C@@H](C2CCCC2)C(=O)N(C)[C@H](C(=O)N(C)C)CC(=O)N1C. The summed E-state index contributed by atoms with van der Waals surface area (Å²) < 4.78 is 72.0. The molecule has 0 radical (unpaired) electrons. The lowest BCUT2D eigenvalue weighted by molar-refractivity contribution is -0.161. The number of benzene rings is 2. The lowest BCUT2D eigenvalue weighted by atomic mass is 9.72. The predicted octanol–water partition coefficient (Wildman–Crippen LogP) is 5.15. The highest BCUT2D eigenvalue weighted by Crippen LogP contribution is 2.55. The van der Waals surface area contributed by atoms with Crippen LogP contribution >= 0.6 is 0 Å². The largest absolute Gasteiger partial charge is 0.422 e. The Morgan fingerprint density at radius 2 is 1.32 bits per heavy atom. The number of ketones is 1. The number of halogens is 5. The molecule has 3 saturated carbocycles. The van der Waals surface area contributed by atoms with Gasteiger partial charge >= 0.3 is 6.18 Å². The highest BCUT2D eigenvalue weighted by molar-refractivity contribution is 6.02. The molecule has 29 heteroatoms. The van der Waals surface area contributed by atoms with Crippen molar-refractivity contribution in [2.75, 3.05) is 96.2 Å². The van der Waals surface area contributed by atoms with Crippen LogP contribution in [0, 0.1) is 35.8 Å². The number of nitrogens with one attached hydrogen (secondary N) is 2. The average Bonchev–Trinajstić information content (AvgIpc) is 1.50. The number of amides is 11. The molecule has 2 N–H and O–H groups in total. The van der Waals surface area contributed by atoms with Gasteiger partial charge in [-0.3, -0.25) is 62.4 Å². The Hall–Kier alpha value is -8.37. The molecular formula is C75H105F5N12O12. The van der Waals surface area contributed by atoms with E-state index in [9.17, 15) is 46.7 Å². The standard InChI is InChI=1S/C75H105F5N12O12/c1-14-21-53-65(97)82-63(46(4)15-2)71(103)85(8)42-61(96)88(11)54-24-17-16-20-35-91(70(54)102)56(38-47-27-25-45(3)26-28-47)68(100)84(7)41-59(94)81-52(30-29-48-36-50(76)62(51(77)37-48)75(78,79)80)66(98)92-43-73(33-34-73)40-57(92)69(101)90(13)74(32-31-58(74)93)44-86(9)64(49-22-18-19-23-49)72(104)89(12)55(67(99)83(5)6)39-60(95)87(53)10/h16-17,25-28,36-37,46,49,52-57,63-64H,14-15,18-24,29-35,38-44H2,1-13H3,(H,81,94)(H,82,97)/b17-16-/t46-,52-,53-,54-,55-,56-,57-,63-,64-,74?/m0/s1. The molecule has 24 nitrogen and oxygen atoms in total. The highest BCUT2D eigenvalue weighted by Gasteiger charge is 2.60. The van der Waals surface area contributed by atoms with Crippen molar-refractivity contribution in [1.29, 1.82) is 0 Å². The zero-order valence-electron chi connectivity index (χ0n) is 62.4. The topological polar surface area (TPSA) is 261 Å². The lowest BCUT2D eigenvalue weighted by Crippen LogP contribution is -2.69. The van der Waals surface area contributed by atoms with E-state index in [1.165, 1.54) is 90.7 Å². The van der Waals surface area contributed by atoms with Crippen molar-refractivity contribution in [3.63, 3.8) is 0 Å². The third-order valence-corrected chi connectivity index (χ3v) is 22.7. The second kappa shape index (κ2) is 33.8. The van der Waals surface area contributed by atoms with Gasteiger partial charge in [0.25, 0.3) is 0 Å². The zero-order chi connectivity index (χ0) is 76.8. The van der Waals surface area contributed by atoms with Crippen LogP contribution in [0.2, 0.25) is 0 Å². The molecule has 2 bridgehead atoms. The minimum absolute atomic E-state index is 0.0115. The molecule has 11 amide bonds. The Morgan fingerprint density at radius 3 is 1.88 bits per heavy atom. The Bertz CT molecular complexity index is 3580. The van der Waals surface area contributed by atoms with Crippen molar-refractivity contribution in [3.05, 3.63) is 82.4 Å². The van der Waals surface area contributed by atoms with Gasteiger partial charge in [0.05, 0.1) is 25.6 Å². The van der Waals surface area contributed by atoms with E-state index < -0.39 is 186 Å². The minimum atomic E-state index is -5.40. The van der Waals surface area contributed by atoms with Gasteiger partial charge in [-0.25, -0.2) is 8.78 Å². The Kier molecular flexibility index (Phi) is 26.4. The van der Waals surface area contributed by atoms with E-state index in [-0.39, 0.29) is 81.8 Å². The summed E-state index contributed by atoms with van der Waals surface area (Å²) in [5.74, 6) is -12.7. The molecule has 3 aliphatic heterocycles. The first-order valence-corrected chi connectivity index (χ1v) is 36.4. The molecule has 8 rings (SSSR count). The van der Waals surface area contributed by atoms with Gasteiger partial charge in [0.1, 0.15) is 65.0 Å².